The quantitative estimate of drug-likeness (QED) is 0.800. The number of hydrogen-bond acceptors (Lipinski definition) is 2. The van der Waals surface area contributed by atoms with Crippen LogP contribution in [0.5, 0.6) is 0 Å². The predicted molar refractivity (Wildman–Crippen MR) is 82.9 cm³/mol. The Kier molecular flexibility index (Phi) is 7.27. The summed E-state index contributed by atoms with van der Waals surface area (Å²) in [4.78, 5) is 0. The van der Waals surface area contributed by atoms with E-state index in [2.05, 4.69) is 35.1 Å². The Hall–Kier alpha value is -0.0600. The van der Waals surface area contributed by atoms with E-state index in [0.717, 1.165) is 22.2 Å². The van der Waals surface area contributed by atoms with Gasteiger partial charge in [0.25, 0.3) is 0 Å². The van der Waals surface area contributed by atoms with Crippen LogP contribution in [0.2, 0.25) is 0 Å². The number of likely N-dealkylation sites (N-methyl/N-ethyl adjacent to an activating group) is 1. The van der Waals surface area contributed by atoms with Crippen molar-refractivity contribution in [1.82, 2.24) is 5.32 Å². The van der Waals surface area contributed by atoms with Crippen LogP contribution in [-0.2, 0) is 6.42 Å². The molecule has 18 heavy (non-hydrogen) atoms. The molecule has 2 atom stereocenters. The standard InChI is InChI=1S/C14H21BrFNS/c1-4-10(2)18-9-13(17-3)8-11-7-12(16)5-6-14(11)15/h5-7,10,13,17H,4,8-9H2,1-3H3. The maximum Gasteiger partial charge on any atom is 0.123 e. The van der Waals surface area contributed by atoms with Gasteiger partial charge >= 0.3 is 0 Å². The SMILES string of the molecule is CCC(C)SCC(Cc1cc(F)ccc1Br)NC. The number of rotatable bonds is 7. The molecule has 1 aromatic carbocycles. The Morgan fingerprint density at radius 3 is 2.78 bits per heavy atom. The molecule has 0 spiro atoms. The first kappa shape index (κ1) is 16.0. The number of benzene rings is 1. The first-order valence-electron chi connectivity index (χ1n) is 6.29. The molecule has 1 nitrogen and oxygen atoms in total. The summed E-state index contributed by atoms with van der Waals surface area (Å²) in [6, 6.07) is 5.25. The molecule has 1 rings (SSSR count). The van der Waals surface area contributed by atoms with Crippen LogP contribution in [0.3, 0.4) is 0 Å². The average Bonchev–Trinajstić information content (AvgIpc) is 2.37. The second-order valence-corrected chi connectivity index (χ2v) is 6.80. The normalized spacial score (nSPS) is 14.5. The second-order valence-electron chi connectivity index (χ2n) is 4.48. The van der Waals surface area contributed by atoms with Gasteiger partial charge in [0.2, 0.25) is 0 Å². The van der Waals surface area contributed by atoms with Gasteiger partial charge in [0.1, 0.15) is 5.82 Å². The molecule has 0 aliphatic rings. The van der Waals surface area contributed by atoms with Crippen molar-refractivity contribution in [2.45, 2.75) is 38.0 Å². The van der Waals surface area contributed by atoms with Crippen molar-refractivity contribution in [3.8, 4) is 0 Å². The van der Waals surface area contributed by atoms with Crippen LogP contribution in [0, 0.1) is 5.82 Å². The summed E-state index contributed by atoms with van der Waals surface area (Å²) in [5.74, 6) is 0.881. The smallest absolute Gasteiger partial charge is 0.123 e. The topological polar surface area (TPSA) is 12.0 Å². The minimum absolute atomic E-state index is 0.169. The van der Waals surface area contributed by atoms with Gasteiger partial charge in [0.15, 0.2) is 0 Å². The Bertz CT molecular complexity index is 373. The van der Waals surface area contributed by atoms with E-state index >= 15 is 0 Å². The molecular weight excluding hydrogens is 313 g/mol. The third kappa shape index (κ3) is 5.29. The summed E-state index contributed by atoms with van der Waals surface area (Å²) in [7, 11) is 1.97. The van der Waals surface area contributed by atoms with Crippen LogP contribution in [0.1, 0.15) is 25.8 Å². The van der Waals surface area contributed by atoms with Gasteiger partial charge in [0, 0.05) is 21.5 Å². The van der Waals surface area contributed by atoms with Gasteiger partial charge in [-0.1, -0.05) is 29.8 Å². The number of nitrogens with one attached hydrogen (secondary N) is 1. The highest BCUT2D eigenvalue weighted by Crippen LogP contribution is 2.21. The van der Waals surface area contributed by atoms with E-state index in [4.69, 9.17) is 0 Å². The number of thioether (sulfide) groups is 1. The van der Waals surface area contributed by atoms with Crippen molar-refractivity contribution >= 4 is 27.7 Å². The fourth-order valence-electron chi connectivity index (χ4n) is 1.61. The molecule has 0 saturated heterocycles. The van der Waals surface area contributed by atoms with E-state index in [9.17, 15) is 4.39 Å². The van der Waals surface area contributed by atoms with Crippen LogP contribution in [0.4, 0.5) is 4.39 Å². The van der Waals surface area contributed by atoms with E-state index < -0.39 is 0 Å². The van der Waals surface area contributed by atoms with Crippen molar-refractivity contribution in [2.75, 3.05) is 12.8 Å². The van der Waals surface area contributed by atoms with E-state index in [0.29, 0.717) is 11.3 Å². The van der Waals surface area contributed by atoms with Gasteiger partial charge in [0.05, 0.1) is 0 Å². The Labute approximate surface area is 122 Å². The van der Waals surface area contributed by atoms with Crippen LogP contribution in [0.25, 0.3) is 0 Å². The molecule has 0 bridgehead atoms. The molecule has 4 heteroatoms. The van der Waals surface area contributed by atoms with E-state index in [1.54, 1.807) is 12.1 Å². The lowest BCUT2D eigenvalue weighted by Gasteiger charge is -2.18. The summed E-state index contributed by atoms with van der Waals surface area (Å²) >= 11 is 5.45. The predicted octanol–water partition coefficient (Wildman–Crippen LogP) is 4.25. The number of hydrogen-bond donors (Lipinski definition) is 1. The third-order valence-corrected chi connectivity index (χ3v) is 5.31. The molecule has 2 unspecified atom stereocenters. The zero-order valence-electron chi connectivity index (χ0n) is 11.2. The fourth-order valence-corrected chi connectivity index (χ4v) is 3.10. The monoisotopic (exact) mass is 333 g/mol. The van der Waals surface area contributed by atoms with Crippen molar-refractivity contribution in [3.63, 3.8) is 0 Å². The van der Waals surface area contributed by atoms with Gasteiger partial charge in [-0.25, -0.2) is 4.39 Å². The zero-order chi connectivity index (χ0) is 13.5. The van der Waals surface area contributed by atoms with Crippen molar-refractivity contribution in [1.29, 1.82) is 0 Å². The molecular formula is C14H21BrFNS. The van der Waals surface area contributed by atoms with Crippen molar-refractivity contribution < 1.29 is 4.39 Å². The first-order valence-corrected chi connectivity index (χ1v) is 8.13. The van der Waals surface area contributed by atoms with Gasteiger partial charge in [-0.2, -0.15) is 11.8 Å². The summed E-state index contributed by atoms with van der Waals surface area (Å²) in [6.07, 6.45) is 2.03. The summed E-state index contributed by atoms with van der Waals surface area (Å²) in [6.45, 7) is 4.45. The highest BCUT2D eigenvalue weighted by atomic mass is 79.9. The molecule has 0 fully saturated rings. The first-order chi connectivity index (χ1) is 8.56. The summed E-state index contributed by atoms with van der Waals surface area (Å²) in [5, 5.41) is 3.99. The maximum absolute atomic E-state index is 13.2. The summed E-state index contributed by atoms with van der Waals surface area (Å²) < 4.78 is 14.2. The van der Waals surface area contributed by atoms with Gasteiger partial charge < -0.3 is 5.32 Å². The largest absolute Gasteiger partial charge is 0.316 e. The van der Waals surface area contributed by atoms with Crippen LogP contribution < -0.4 is 5.32 Å². The highest BCUT2D eigenvalue weighted by molar-refractivity contribution is 9.10. The van der Waals surface area contributed by atoms with Gasteiger partial charge in [-0.05, 0) is 43.7 Å². The van der Waals surface area contributed by atoms with E-state index in [1.807, 2.05) is 18.8 Å². The maximum atomic E-state index is 13.2. The molecule has 1 N–H and O–H groups in total. The Morgan fingerprint density at radius 1 is 1.44 bits per heavy atom. The molecule has 0 aromatic heterocycles. The van der Waals surface area contributed by atoms with Gasteiger partial charge in [-0.15, -0.1) is 0 Å². The zero-order valence-corrected chi connectivity index (χ0v) is 13.6. The fraction of sp³-hybridized carbons (Fsp3) is 0.571. The van der Waals surface area contributed by atoms with Crippen molar-refractivity contribution in [2.24, 2.45) is 0 Å². The second kappa shape index (κ2) is 8.18. The van der Waals surface area contributed by atoms with E-state index in [1.165, 1.54) is 12.5 Å². The minimum atomic E-state index is -0.169. The molecule has 1 aromatic rings. The Balaban J connectivity index is 2.59. The minimum Gasteiger partial charge on any atom is -0.316 e. The molecule has 0 aliphatic heterocycles. The van der Waals surface area contributed by atoms with Crippen molar-refractivity contribution in [3.05, 3.63) is 34.1 Å². The van der Waals surface area contributed by atoms with E-state index in [-0.39, 0.29) is 5.82 Å². The lowest BCUT2D eigenvalue weighted by Crippen LogP contribution is -2.30. The molecule has 0 aliphatic carbocycles. The lowest BCUT2D eigenvalue weighted by molar-refractivity contribution is 0.600. The third-order valence-electron chi connectivity index (χ3n) is 3.04. The molecule has 0 amide bonds. The molecule has 0 heterocycles. The van der Waals surface area contributed by atoms with Crippen LogP contribution in [-0.4, -0.2) is 24.1 Å². The summed E-state index contributed by atoms with van der Waals surface area (Å²) in [5.41, 5.74) is 1.03. The average molecular weight is 334 g/mol. The molecule has 102 valence electrons. The van der Waals surface area contributed by atoms with Crippen LogP contribution in [0.15, 0.2) is 22.7 Å². The Morgan fingerprint density at radius 2 is 2.17 bits per heavy atom. The molecule has 0 saturated carbocycles. The highest BCUT2D eigenvalue weighted by Gasteiger charge is 2.12. The van der Waals surface area contributed by atoms with Crippen LogP contribution >= 0.6 is 27.7 Å². The lowest BCUT2D eigenvalue weighted by atomic mass is 10.1. The molecule has 0 radical (unpaired) electrons. The number of halogens is 2. The van der Waals surface area contributed by atoms with Gasteiger partial charge in [-0.3, -0.25) is 0 Å².